The van der Waals surface area contributed by atoms with Gasteiger partial charge in [0.05, 0.1) is 17.8 Å². The molecular formula is C12H14N4O4. The molecule has 2 rings (SSSR count). The van der Waals surface area contributed by atoms with Gasteiger partial charge in [0.15, 0.2) is 0 Å². The second-order valence-corrected chi connectivity index (χ2v) is 4.27. The van der Waals surface area contributed by atoms with Crippen LogP contribution < -0.4 is 10.6 Å². The van der Waals surface area contributed by atoms with Crippen LogP contribution in [-0.4, -0.2) is 52.5 Å². The van der Waals surface area contributed by atoms with Gasteiger partial charge in [0.2, 0.25) is 5.91 Å². The lowest BCUT2D eigenvalue weighted by molar-refractivity contribution is -0.123. The van der Waals surface area contributed by atoms with Crippen LogP contribution in [0.5, 0.6) is 0 Å². The Morgan fingerprint density at radius 3 is 3.00 bits per heavy atom. The van der Waals surface area contributed by atoms with Crippen LogP contribution in [0.25, 0.3) is 0 Å². The summed E-state index contributed by atoms with van der Waals surface area (Å²) >= 11 is 0. The molecule has 1 fully saturated rings. The van der Waals surface area contributed by atoms with Crippen LogP contribution in [0.4, 0.5) is 4.79 Å². The molecule has 0 saturated carbocycles. The first-order valence-electron chi connectivity index (χ1n) is 6.04. The summed E-state index contributed by atoms with van der Waals surface area (Å²) in [4.78, 5) is 39.2. The van der Waals surface area contributed by atoms with E-state index in [4.69, 9.17) is 5.11 Å². The Morgan fingerprint density at radius 2 is 2.30 bits per heavy atom. The Bertz CT molecular complexity index is 546. The van der Waals surface area contributed by atoms with Gasteiger partial charge >= 0.3 is 12.0 Å². The Hall–Kier alpha value is -2.64. The zero-order chi connectivity index (χ0) is 14.5. The van der Waals surface area contributed by atoms with Crippen LogP contribution in [0.2, 0.25) is 0 Å². The van der Waals surface area contributed by atoms with Gasteiger partial charge in [0.25, 0.3) is 0 Å². The molecule has 1 aliphatic rings. The van der Waals surface area contributed by atoms with Crippen molar-refractivity contribution >= 4 is 17.9 Å². The van der Waals surface area contributed by atoms with Crippen molar-refractivity contribution in [1.82, 2.24) is 20.5 Å². The molecular weight excluding hydrogens is 264 g/mol. The molecule has 8 nitrogen and oxygen atoms in total. The van der Waals surface area contributed by atoms with Crippen molar-refractivity contribution in [2.45, 2.75) is 6.54 Å². The monoisotopic (exact) mass is 278 g/mol. The summed E-state index contributed by atoms with van der Waals surface area (Å²) in [6.45, 7) is 1.01. The largest absolute Gasteiger partial charge is 0.478 e. The molecule has 1 aromatic rings. The summed E-state index contributed by atoms with van der Waals surface area (Å²) in [6, 6.07) is 2.40. The third-order valence-corrected chi connectivity index (χ3v) is 2.81. The summed E-state index contributed by atoms with van der Waals surface area (Å²) in [5.74, 6) is -1.25. The number of hydrogen-bond acceptors (Lipinski definition) is 4. The number of hydrogen-bond donors (Lipinski definition) is 3. The normalized spacial score (nSPS) is 14.6. The molecule has 1 aliphatic heterocycles. The minimum atomic E-state index is -1.05. The quantitative estimate of drug-likeness (QED) is 0.685. The maximum atomic E-state index is 11.8. The van der Waals surface area contributed by atoms with Crippen molar-refractivity contribution in [2.24, 2.45) is 0 Å². The van der Waals surface area contributed by atoms with E-state index in [-0.39, 0.29) is 30.6 Å². The summed E-state index contributed by atoms with van der Waals surface area (Å²) in [5.41, 5.74) is 0.557. The Labute approximate surface area is 114 Å². The zero-order valence-corrected chi connectivity index (χ0v) is 10.6. The van der Waals surface area contributed by atoms with Gasteiger partial charge in [-0.1, -0.05) is 0 Å². The minimum absolute atomic E-state index is 0.0222. The highest BCUT2D eigenvalue weighted by Crippen LogP contribution is 2.02. The summed E-state index contributed by atoms with van der Waals surface area (Å²) < 4.78 is 0. The molecule has 0 radical (unpaired) electrons. The fourth-order valence-corrected chi connectivity index (χ4v) is 1.80. The number of carbonyl (C=O) groups excluding carboxylic acids is 2. The molecule has 106 valence electrons. The lowest BCUT2D eigenvalue weighted by atomic mass is 10.2. The molecule has 20 heavy (non-hydrogen) atoms. The SMILES string of the molecule is O=C1CN(C(=O)NCc2cc(C(=O)O)ccn2)CCN1. The number of nitrogens with one attached hydrogen (secondary N) is 2. The summed E-state index contributed by atoms with van der Waals surface area (Å²) in [6.07, 6.45) is 1.37. The van der Waals surface area contributed by atoms with Crippen molar-refractivity contribution in [2.75, 3.05) is 19.6 Å². The van der Waals surface area contributed by atoms with E-state index >= 15 is 0 Å². The van der Waals surface area contributed by atoms with Crippen LogP contribution in [0.1, 0.15) is 16.1 Å². The summed E-state index contributed by atoms with van der Waals surface area (Å²) in [7, 11) is 0. The Morgan fingerprint density at radius 1 is 1.50 bits per heavy atom. The van der Waals surface area contributed by atoms with Crippen LogP contribution in [0.3, 0.4) is 0 Å². The van der Waals surface area contributed by atoms with E-state index in [1.165, 1.54) is 23.2 Å². The Balaban J connectivity index is 1.91. The van der Waals surface area contributed by atoms with Gasteiger partial charge in [-0.15, -0.1) is 0 Å². The number of carboxylic acids is 1. The third-order valence-electron chi connectivity index (χ3n) is 2.81. The van der Waals surface area contributed by atoms with Gasteiger partial charge in [-0.25, -0.2) is 9.59 Å². The molecule has 8 heteroatoms. The van der Waals surface area contributed by atoms with Crippen LogP contribution in [0, 0.1) is 0 Å². The molecule has 0 aromatic carbocycles. The van der Waals surface area contributed by atoms with Crippen LogP contribution in [0.15, 0.2) is 18.3 Å². The average molecular weight is 278 g/mol. The van der Waals surface area contributed by atoms with E-state index in [9.17, 15) is 14.4 Å². The maximum absolute atomic E-state index is 11.8. The molecule has 0 unspecified atom stereocenters. The molecule has 3 amide bonds. The lowest BCUT2D eigenvalue weighted by Gasteiger charge is -2.26. The summed E-state index contributed by atoms with van der Waals surface area (Å²) in [5, 5.41) is 14.1. The molecule has 0 bridgehead atoms. The smallest absolute Gasteiger partial charge is 0.335 e. The highest BCUT2D eigenvalue weighted by molar-refractivity contribution is 5.87. The first-order valence-corrected chi connectivity index (χ1v) is 6.04. The van der Waals surface area contributed by atoms with Crippen molar-refractivity contribution < 1.29 is 19.5 Å². The molecule has 0 atom stereocenters. The second kappa shape index (κ2) is 6.00. The van der Waals surface area contributed by atoms with Crippen molar-refractivity contribution in [3.63, 3.8) is 0 Å². The number of aromatic nitrogens is 1. The molecule has 1 saturated heterocycles. The van der Waals surface area contributed by atoms with Gasteiger partial charge in [0, 0.05) is 19.3 Å². The van der Waals surface area contributed by atoms with Crippen LogP contribution >= 0.6 is 0 Å². The van der Waals surface area contributed by atoms with Crippen molar-refractivity contribution in [3.05, 3.63) is 29.6 Å². The average Bonchev–Trinajstić information content (AvgIpc) is 2.45. The predicted molar refractivity (Wildman–Crippen MR) is 68.0 cm³/mol. The number of pyridine rings is 1. The number of nitrogens with zero attached hydrogens (tertiary/aromatic N) is 2. The fraction of sp³-hybridized carbons (Fsp3) is 0.333. The molecule has 0 aliphatic carbocycles. The maximum Gasteiger partial charge on any atom is 0.335 e. The lowest BCUT2D eigenvalue weighted by Crippen LogP contribution is -2.52. The zero-order valence-electron chi connectivity index (χ0n) is 10.6. The molecule has 3 N–H and O–H groups in total. The Kier molecular flexibility index (Phi) is 4.14. The van der Waals surface area contributed by atoms with E-state index in [1.807, 2.05) is 0 Å². The van der Waals surface area contributed by atoms with E-state index in [2.05, 4.69) is 15.6 Å². The highest BCUT2D eigenvalue weighted by Gasteiger charge is 2.20. The first kappa shape index (κ1) is 13.8. The molecule has 0 spiro atoms. The predicted octanol–water partition coefficient (Wildman–Crippen LogP) is -0.579. The van der Waals surface area contributed by atoms with Crippen LogP contribution in [-0.2, 0) is 11.3 Å². The van der Waals surface area contributed by atoms with Crippen molar-refractivity contribution in [3.8, 4) is 0 Å². The number of carboxylic acid groups (broad SMARTS) is 1. The first-order chi connectivity index (χ1) is 9.56. The molecule has 1 aromatic heterocycles. The van der Waals surface area contributed by atoms with Gasteiger partial charge in [0.1, 0.15) is 6.54 Å². The van der Waals surface area contributed by atoms with Gasteiger partial charge in [-0.2, -0.15) is 0 Å². The third kappa shape index (κ3) is 3.44. The van der Waals surface area contributed by atoms with E-state index in [0.717, 1.165) is 0 Å². The number of piperazine rings is 1. The topological polar surface area (TPSA) is 112 Å². The van der Waals surface area contributed by atoms with E-state index in [0.29, 0.717) is 18.8 Å². The number of aromatic carboxylic acids is 1. The minimum Gasteiger partial charge on any atom is -0.478 e. The van der Waals surface area contributed by atoms with Gasteiger partial charge < -0.3 is 20.6 Å². The second-order valence-electron chi connectivity index (χ2n) is 4.27. The standard InChI is InChI=1S/C12H14N4O4/c17-10-7-16(4-3-14-10)12(20)15-6-9-5-8(11(18)19)1-2-13-9/h1-2,5H,3-4,6-7H2,(H,14,17)(H,15,20)(H,18,19). The fourth-order valence-electron chi connectivity index (χ4n) is 1.80. The van der Waals surface area contributed by atoms with E-state index < -0.39 is 5.97 Å². The molecule has 2 heterocycles. The van der Waals surface area contributed by atoms with Crippen molar-refractivity contribution in [1.29, 1.82) is 0 Å². The highest BCUT2D eigenvalue weighted by atomic mass is 16.4. The van der Waals surface area contributed by atoms with Gasteiger partial charge in [-0.05, 0) is 12.1 Å². The number of rotatable bonds is 3. The number of carbonyl (C=O) groups is 3. The number of urea groups is 1. The van der Waals surface area contributed by atoms with Gasteiger partial charge in [-0.3, -0.25) is 9.78 Å². The number of amides is 3. The van der Waals surface area contributed by atoms with E-state index in [1.54, 1.807) is 0 Å².